The second-order valence-electron chi connectivity index (χ2n) is 9.81. The summed E-state index contributed by atoms with van der Waals surface area (Å²) < 4.78 is 0. The Labute approximate surface area is 233 Å². The molecule has 0 rings (SSSR count). The third kappa shape index (κ3) is 34.5. The smallest absolute Gasteiger partial charge is 0.323 e. The van der Waals surface area contributed by atoms with E-state index in [0.29, 0.717) is 19.5 Å². The molecule has 0 bridgehead atoms. The molecule has 0 aromatic rings. The minimum Gasteiger partial charge on any atom is -0.480 e. The van der Waals surface area contributed by atoms with Crippen LogP contribution in [0.3, 0.4) is 0 Å². The number of hydrogen-bond acceptors (Lipinski definition) is 7. The van der Waals surface area contributed by atoms with Gasteiger partial charge >= 0.3 is 5.97 Å². The van der Waals surface area contributed by atoms with Crippen molar-refractivity contribution in [1.82, 2.24) is 20.9 Å². The van der Waals surface area contributed by atoms with Gasteiger partial charge in [-0.05, 0) is 32.1 Å². The van der Waals surface area contributed by atoms with E-state index in [4.69, 9.17) is 16.6 Å². The van der Waals surface area contributed by atoms with E-state index in [1.807, 2.05) is 0 Å². The number of carboxylic acids is 1. The highest BCUT2D eigenvalue weighted by Crippen LogP contribution is 2.10. The van der Waals surface area contributed by atoms with Gasteiger partial charge in [0.1, 0.15) is 6.54 Å². The van der Waals surface area contributed by atoms with Gasteiger partial charge in [-0.3, -0.25) is 9.59 Å². The summed E-state index contributed by atoms with van der Waals surface area (Å²) in [4.78, 5) is 23.5. The van der Waals surface area contributed by atoms with Gasteiger partial charge in [-0.2, -0.15) is 0 Å². The fourth-order valence-corrected chi connectivity index (χ4v) is 3.76. The fraction of sp³-hybridized carbons (Fsp3) is 0.862. The Morgan fingerprint density at radius 2 is 1.11 bits per heavy atom. The number of carbonyl (C=O) groups excluding carboxylic acids is 1. The maximum Gasteiger partial charge on any atom is 0.323 e. The second kappa shape index (κ2) is 33.5. The highest BCUT2D eigenvalue weighted by Gasteiger charge is 2.10. The monoisotopic (exact) mass is 542 g/mol. The van der Waals surface area contributed by atoms with Crippen LogP contribution in [0.15, 0.2) is 12.2 Å². The van der Waals surface area contributed by atoms with Crippen LogP contribution in [0.2, 0.25) is 0 Å². The summed E-state index contributed by atoms with van der Waals surface area (Å²) >= 11 is 0. The molecule has 0 aliphatic carbocycles. The van der Waals surface area contributed by atoms with Crippen molar-refractivity contribution < 1.29 is 14.7 Å². The average molecular weight is 543 g/mol. The Hall–Kier alpha value is -1.52. The summed E-state index contributed by atoms with van der Waals surface area (Å²) in [6.45, 7) is 9.19. The first-order valence-electron chi connectivity index (χ1n) is 15.1. The number of amides is 1. The predicted octanol–water partition coefficient (Wildman–Crippen LogP) is 3.24. The van der Waals surface area contributed by atoms with Crippen LogP contribution >= 0.6 is 0 Å². The van der Waals surface area contributed by atoms with Crippen LogP contribution in [0.4, 0.5) is 0 Å². The molecule has 0 aromatic carbocycles. The Bertz CT molecular complexity index is 524. The van der Waals surface area contributed by atoms with Crippen LogP contribution in [0, 0.1) is 0 Å². The second-order valence-corrected chi connectivity index (χ2v) is 9.81. The number of nitrogens with two attached hydrogens (primary N) is 2. The highest BCUT2D eigenvalue weighted by atomic mass is 16.4. The van der Waals surface area contributed by atoms with Crippen LogP contribution in [-0.4, -0.2) is 87.8 Å². The third-order valence-corrected chi connectivity index (χ3v) is 6.05. The molecule has 0 aromatic heterocycles. The lowest BCUT2D eigenvalue weighted by Crippen LogP contribution is -2.35. The number of nitrogens with one attached hydrogen (secondary N) is 3. The van der Waals surface area contributed by atoms with Crippen molar-refractivity contribution >= 4 is 11.9 Å². The zero-order valence-electron chi connectivity index (χ0n) is 24.8. The topological polar surface area (TPSA) is 146 Å². The number of hydrogen-bond donors (Lipinski definition) is 6. The normalized spacial score (nSPS) is 10.9. The third-order valence-electron chi connectivity index (χ3n) is 6.05. The Morgan fingerprint density at radius 1 is 0.684 bits per heavy atom. The van der Waals surface area contributed by atoms with E-state index in [1.165, 1.54) is 62.7 Å². The van der Waals surface area contributed by atoms with Gasteiger partial charge in [0.2, 0.25) is 5.91 Å². The number of unbranched alkanes of at least 4 members (excludes halogenated alkanes) is 11. The van der Waals surface area contributed by atoms with Gasteiger partial charge < -0.3 is 37.4 Å². The van der Waals surface area contributed by atoms with E-state index in [-0.39, 0.29) is 12.5 Å². The molecule has 0 heterocycles. The summed E-state index contributed by atoms with van der Waals surface area (Å²) in [5.74, 6) is -1.03. The molecule has 0 atom stereocenters. The number of rotatable bonds is 27. The molecule has 0 saturated carbocycles. The Morgan fingerprint density at radius 3 is 1.55 bits per heavy atom. The van der Waals surface area contributed by atoms with Crippen molar-refractivity contribution in [3.05, 3.63) is 12.2 Å². The lowest BCUT2D eigenvalue weighted by molar-refractivity contribution is -0.143. The van der Waals surface area contributed by atoms with Crippen LogP contribution < -0.4 is 27.4 Å². The number of nitrogens with zero attached hydrogens (tertiary/aromatic N) is 1. The Kier molecular flexibility index (Phi) is 34.1. The van der Waals surface area contributed by atoms with Crippen molar-refractivity contribution in [2.24, 2.45) is 11.5 Å². The minimum atomic E-state index is -0.958. The summed E-state index contributed by atoms with van der Waals surface area (Å²) in [7, 11) is 1.55. The van der Waals surface area contributed by atoms with Gasteiger partial charge in [-0.15, -0.1) is 0 Å². The molecular formula is C29H62N6O3. The van der Waals surface area contributed by atoms with Crippen molar-refractivity contribution in [3.63, 3.8) is 0 Å². The number of allylic oxidation sites excluding steroid dienone is 2. The molecule has 226 valence electrons. The molecule has 0 aliphatic rings. The first-order chi connectivity index (χ1) is 18.5. The van der Waals surface area contributed by atoms with Crippen LogP contribution in [0.5, 0.6) is 0 Å². The lowest BCUT2D eigenvalue weighted by atomic mass is 10.1. The zero-order chi connectivity index (χ0) is 28.5. The van der Waals surface area contributed by atoms with E-state index in [0.717, 1.165) is 65.0 Å². The number of carbonyl (C=O) groups is 2. The fourth-order valence-electron chi connectivity index (χ4n) is 3.76. The lowest BCUT2D eigenvalue weighted by Gasteiger charge is -2.14. The van der Waals surface area contributed by atoms with Gasteiger partial charge in [0.25, 0.3) is 0 Å². The number of likely N-dealkylation sites (N-methyl/N-ethyl adjacent to an activating group) is 1. The van der Waals surface area contributed by atoms with Crippen LogP contribution in [0.1, 0.15) is 96.8 Å². The molecular weight excluding hydrogens is 480 g/mol. The van der Waals surface area contributed by atoms with E-state index in [2.05, 4.69) is 35.0 Å². The predicted molar refractivity (Wildman–Crippen MR) is 161 cm³/mol. The summed E-state index contributed by atoms with van der Waals surface area (Å²) in [6, 6.07) is 0. The minimum absolute atomic E-state index is 0.0694. The average Bonchev–Trinajstić information content (AvgIpc) is 2.90. The molecule has 9 heteroatoms. The van der Waals surface area contributed by atoms with E-state index >= 15 is 0 Å². The van der Waals surface area contributed by atoms with Gasteiger partial charge in [0.05, 0.1) is 0 Å². The molecule has 0 unspecified atom stereocenters. The van der Waals surface area contributed by atoms with Crippen molar-refractivity contribution in [2.45, 2.75) is 96.8 Å². The number of aliphatic carboxylic acids is 1. The van der Waals surface area contributed by atoms with Crippen molar-refractivity contribution in [2.75, 3.05) is 66.0 Å². The van der Waals surface area contributed by atoms with E-state index in [1.54, 1.807) is 7.05 Å². The van der Waals surface area contributed by atoms with Crippen molar-refractivity contribution in [1.29, 1.82) is 0 Å². The molecule has 0 spiro atoms. The zero-order valence-corrected chi connectivity index (χ0v) is 24.8. The largest absolute Gasteiger partial charge is 0.480 e. The Balaban J connectivity index is 0. The van der Waals surface area contributed by atoms with Gasteiger partial charge in [0.15, 0.2) is 0 Å². The van der Waals surface area contributed by atoms with Crippen LogP contribution in [0.25, 0.3) is 0 Å². The standard InChI is InChI=1S/C21H39NO3.C8H23N5/c1-3-4-5-6-7-8-9-10-11-12-13-14-15-16-17-18-20(23)22(2)19-21(24)25;9-1-3-11-5-7-13-8-6-12-4-2-10/h10-11H,3-9,12-19H2,1-2H3,(H,24,25);11-13H,1-10H2/b11-10-;. The van der Waals surface area contributed by atoms with E-state index < -0.39 is 5.97 Å². The van der Waals surface area contributed by atoms with Gasteiger partial charge in [-0.25, -0.2) is 0 Å². The summed E-state index contributed by atoms with van der Waals surface area (Å²) in [6.07, 6.45) is 21.1. The first kappa shape index (κ1) is 38.6. The molecule has 0 saturated heterocycles. The first-order valence-corrected chi connectivity index (χ1v) is 15.1. The quantitative estimate of drug-likeness (QED) is 0.0685. The molecule has 0 radical (unpaired) electrons. The summed E-state index contributed by atoms with van der Waals surface area (Å²) in [5.41, 5.74) is 10.6. The maximum absolute atomic E-state index is 11.7. The molecule has 0 aliphatic heterocycles. The van der Waals surface area contributed by atoms with Crippen molar-refractivity contribution in [3.8, 4) is 0 Å². The molecule has 0 fully saturated rings. The highest BCUT2D eigenvalue weighted by molar-refractivity contribution is 5.80. The number of carboxylic acid groups (broad SMARTS) is 1. The summed E-state index contributed by atoms with van der Waals surface area (Å²) in [5, 5.41) is 18.4. The van der Waals surface area contributed by atoms with Gasteiger partial charge in [-0.1, -0.05) is 70.4 Å². The maximum atomic E-state index is 11.7. The molecule has 1 amide bonds. The SMILES string of the molecule is CCCCCCCC/C=C\CCCCCCCC(=O)N(C)CC(=O)O.NCCNCCNCCNCCN. The molecule has 38 heavy (non-hydrogen) atoms. The van der Waals surface area contributed by atoms with Gasteiger partial charge in [0, 0.05) is 65.8 Å². The van der Waals surface area contributed by atoms with Crippen LogP contribution in [-0.2, 0) is 9.59 Å². The molecule has 8 N–H and O–H groups in total. The van der Waals surface area contributed by atoms with E-state index in [9.17, 15) is 9.59 Å². The molecule has 9 nitrogen and oxygen atoms in total.